The van der Waals surface area contributed by atoms with E-state index in [-0.39, 0.29) is 18.3 Å². The van der Waals surface area contributed by atoms with Crippen molar-refractivity contribution in [3.05, 3.63) is 59.2 Å². The monoisotopic (exact) mass is 323 g/mol. The first-order valence-electron chi connectivity index (χ1n) is 8.09. The number of benzene rings is 2. The first kappa shape index (κ1) is 16.2. The third kappa shape index (κ3) is 3.48. The SMILES string of the molecule is Cc1ccc(N2C[C@H](C(=O)Oc3cc(C)cc(C)c3)CC2=O)cc1. The Morgan fingerprint density at radius 1 is 1.00 bits per heavy atom. The van der Waals surface area contributed by atoms with Crippen molar-refractivity contribution in [3.63, 3.8) is 0 Å². The fourth-order valence-corrected chi connectivity index (χ4v) is 3.03. The van der Waals surface area contributed by atoms with Crippen LogP contribution >= 0.6 is 0 Å². The van der Waals surface area contributed by atoms with Crippen molar-refractivity contribution in [1.82, 2.24) is 0 Å². The molecule has 1 fully saturated rings. The van der Waals surface area contributed by atoms with E-state index in [2.05, 4.69) is 0 Å². The molecule has 0 N–H and O–H groups in total. The molecule has 1 amide bonds. The summed E-state index contributed by atoms with van der Waals surface area (Å²) in [5.41, 5.74) is 4.05. The number of hydrogen-bond acceptors (Lipinski definition) is 3. The second-order valence-corrected chi connectivity index (χ2v) is 6.49. The number of aryl methyl sites for hydroxylation is 3. The molecule has 1 saturated heterocycles. The minimum Gasteiger partial charge on any atom is -0.426 e. The van der Waals surface area contributed by atoms with E-state index in [0.717, 1.165) is 22.4 Å². The number of hydrogen-bond donors (Lipinski definition) is 0. The summed E-state index contributed by atoms with van der Waals surface area (Å²) in [5.74, 6) is -0.275. The molecule has 0 spiro atoms. The Bertz CT molecular complexity index is 760. The van der Waals surface area contributed by atoms with Crippen LogP contribution < -0.4 is 9.64 Å². The van der Waals surface area contributed by atoms with Crippen LogP contribution in [0.2, 0.25) is 0 Å². The second-order valence-electron chi connectivity index (χ2n) is 6.49. The summed E-state index contributed by atoms with van der Waals surface area (Å²) in [6.07, 6.45) is 0.192. The molecule has 0 aromatic heterocycles. The fourth-order valence-electron chi connectivity index (χ4n) is 3.03. The van der Waals surface area contributed by atoms with Gasteiger partial charge in [-0.05, 0) is 56.2 Å². The Balaban J connectivity index is 1.70. The van der Waals surface area contributed by atoms with Crippen molar-refractivity contribution in [2.45, 2.75) is 27.2 Å². The summed E-state index contributed by atoms with van der Waals surface area (Å²) < 4.78 is 5.49. The van der Waals surface area contributed by atoms with Gasteiger partial charge in [0.25, 0.3) is 0 Å². The number of esters is 1. The van der Waals surface area contributed by atoms with Crippen LogP contribution in [0.5, 0.6) is 5.75 Å². The van der Waals surface area contributed by atoms with Crippen LogP contribution in [-0.4, -0.2) is 18.4 Å². The molecule has 24 heavy (non-hydrogen) atoms. The molecule has 0 saturated carbocycles. The zero-order chi connectivity index (χ0) is 17.3. The third-order valence-electron chi connectivity index (χ3n) is 4.22. The van der Waals surface area contributed by atoms with E-state index >= 15 is 0 Å². The predicted octanol–water partition coefficient (Wildman–Crippen LogP) is 3.57. The average molecular weight is 323 g/mol. The van der Waals surface area contributed by atoms with E-state index in [4.69, 9.17) is 4.74 Å². The lowest BCUT2D eigenvalue weighted by atomic mass is 10.1. The van der Waals surface area contributed by atoms with Crippen molar-refractivity contribution in [2.24, 2.45) is 5.92 Å². The minimum atomic E-state index is -0.431. The molecule has 2 aromatic carbocycles. The Labute approximate surface area is 142 Å². The van der Waals surface area contributed by atoms with Gasteiger partial charge in [0.05, 0.1) is 5.92 Å². The van der Waals surface area contributed by atoms with Gasteiger partial charge in [-0.15, -0.1) is 0 Å². The normalized spacial score (nSPS) is 17.2. The van der Waals surface area contributed by atoms with Gasteiger partial charge in [-0.25, -0.2) is 0 Å². The topological polar surface area (TPSA) is 46.6 Å². The van der Waals surface area contributed by atoms with Crippen LogP contribution in [-0.2, 0) is 9.59 Å². The summed E-state index contributed by atoms with van der Waals surface area (Å²) in [4.78, 5) is 26.3. The van der Waals surface area contributed by atoms with Crippen LogP contribution in [0.4, 0.5) is 5.69 Å². The fraction of sp³-hybridized carbons (Fsp3) is 0.300. The molecule has 124 valence electrons. The third-order valence-corrected chi connectivity index (χ3v) is 4.22. The summed E-state index contributed by atoms with van der Waals surface area (Å²) in [6.45, 7) is 6.29. The first-order valence-corrected chi connectivity index (χ1v) is 8.09. The smallest absolute Gasteiger partial charge is 0.316 e. The van der Waals surface area contributed by atoms with Gasteiger partial charge >= 0.3 is 5.97 Å². The van der Waals surface area contributed by atoms with Gasteiger partial charge in [-0.3, -0.25) is 9.59 Å². The molecule has 1 heterocycles. The van der Waals surface area contributed by atoms with Crippen molar-refractivity contribution < 1.29 is 14.3 Å². The van der Waals surface area contributed by atoms with Crippen LogP contribution in [0.3, 0.4) is 0 Å². The number of amides is 1. The summed E-state index contributed by atoms with van der Waals surface area (Å²) in [5, 5.41) is 0. The maximum absolute atomic E-state index is 12.4. The number of carbonyl (C=O) groups is 2. The van der Waals surface area contributed by atoms with Gasteiger partial charge in [-0.2, -0.15) is 0 Å². The number of carbonyl (C=O) groups excluding carboxylic acids is 2. The van der Waals surface area contributed by atoms with Crippen LogP contribution in [0.15, 0.2) is 42.5 Å². The maximum atomic E-state index is 12.4. The van der Waals surface area contributed by atoms with Gasteiger partial charge in [0.1, 0.15) is 5.75 Å². The zero-order valence-corrected chi connectivity index (χ0v) is 14.2. The number of nitrogens with zero attached hydrogens (tertiary/aromatic N) is 1. The molecule has 1 aliphatic heterocycles. The molecule has 1 aliphatic rings. The molecular formula is C20H21NO3. The second kappa shape index (κ2) is 6.48. The highest BCUT2D eigenvalue weighted by Crippen LogP contribution is 2.27. The summed E-state index contributed by atoms with van der Waals surface area (Å²) >= 11 is 0. The van der Waals surface area contributed by atoms with Crippen LogP contribution in [0.1, 0.15) is 23.1 Å². The number of rotatable bonds is 3. The van der Waals surface area contributed by atoms with Crippen molar-refractivity contribution in [2.75, 3.05) is 11.4 Å². The van der Waals surface area contributed by atoms with Gasteiger partial charge in [-0.1, -0.05) is 23.8 Å². The summed E-state index contributed by atoms with van der Waals surface area (Å²) in [7, 11) is 0. The lowest BCUT2D eigenvalue weighted by molar-refractivity contribution is -0.139. The zero-order valence-electron chi connectivity index (χ0n) is 14.2. The lowest BCUT2D eigenvalue weighted by Crippen LogP contribution is -2.27. The molecule has 2 aromatic rings. The van der Waals surface area contributed by atoms with Gasteiger partial charge in [0.2, 0.25) is 5.91 Å². The van der Waals surface area contributed by atoms with Gasteiger partial charge < -0.3 is 9.64 Å². The van der Waals surface area contributed by atoms with Gasteiger partial charge in [0, 0.05) is 18.7 Å². The summed E-state index contributed by atoms with van der Waals surface area (Å²) in [6, 6.07) is 13.4. The Morgan fingerprint density at radius 2 is 1.62 bits per heavy atom. The molecule has 3 rings (SSSR count). The highest BCUT2D eigenvalue weighted by molar-refractivity contribution is 5.99. The van der Waals surface area contributed by atoms with E-state index in [1.54, 1.807) is 4.90 Å². The molecule has 0 bridgehead atoms. The number of anilines is 1. The molecule has 0 unspecified atom stereocenters. The van der Waals surface area contributed by atoms with Crippen LogP contribution in [0, 0.1) is 26.7 Å². The molecule has 0 aliphatic carbocycles. The highest BCUT2D eigenvalue weighted by atomic mass is 16.5. The van der Waals surface area contributed by atoms with E-state index in [0.29, 0.717) is 12.3 Å². The standard InChI is InChI=1S/C20H21NO3/c1-13-4-6-17(7-5-13)21-12-16(11-19(21)22)20(23)24-18-9-14(2)8-15(3)10-18/h4-10,16H,11-12H2,1-3H3/t16-/m1/s1. The van der Waals surface area contributed by atoms with Crippen molar-refractivity contribution in [3.8, 4) is 5.75 Å². The van der Waals surface area contributed by atoms with E-state index in [1.807, 2.05) is 63.2 Å². The Hall–Kier alpha value is -2.62. The lowest BCUT2D eigenvalue weighted by Gasteiger charge is -2.16. The molecule has 1 atom stereocenters. The Kier molecular flexibility index (Phi) is 4.38. The molecular weight excluding hydrogens is 302 g/mol. The highest BCUT2D eigenvalue weighted by Gasteiger charge is 2.36. The number of ether oxygens (including phenoxy) is 1. The average Bonchev–Trinajstić information content (AvgIpc) is 2.89. The maximum Gasteiger partial charge on any atom is 0.316 e. The minimum absolute atomic E-state index is 0.0405. The largest absolute Gasteiger partial charge is 0.426 e. The van der Waals surface area contributed by atoms with E-state index < -0.39 is 5.92 Å². The van der Waals surface area contributed by atoms with E-state index in [9.17, 15) is 9.59 Å². The van der Waals surface area contributed by atoms with Crippen molar-refractivity contribution in [1.29, 1.82) is 0 Å². The van der Waals surface area contributed by atoms with Crippen molar-refractivity contribution >= 4 is 17.6 Å². The quantitative estimate of drug-likeness (QED) is 0.641. The van der Waals surface area contributed by atoms with Crippen LogP contribution in [0.25, 0.3) is 0 Å². The molecule has 4 nitrogen and oxygen atoms in total. The molecule has 4 heteroatoms. The first-order chi connectivity index (χ1) is 11.4. The predicted molar refractivity (Wildman–Crippen MR) is 93.2 cm³/mol. The Morgan fingerprint density at radius 3 is 2.25 bits per heavy atom. The molecule has 0 radical (unpaired) electrons. The van der Waals surface area contributed by atoms with E-state index in [1.165, 1.54) is 0 Å². The van der Waals surface area contributed by atoms with Gasteiger partial charge in [0.15, 0.2) is 0 Å².